The summed E-state index contributed by atoms with van der Waals surface area (Å²) in [6.45, 7) is 6.51. The lowest BCUT2D eigenvalue weighted by atomic mass is 9.96. The Morgan fingerprint density at radius 1 is 1.28 bits per heavy atom. The maximum atomic E-state index is 12.2. The second kappa shape index (κ2) is 6.44. The number of fused-ring (bicyclic) bond motifs is 1. The molecule has 1 aliphatic heterocycles. The summed E-state index contributed by atoms with van der Waals surface area (Å²) in [7, 11) is 0. The van der Waals surface area contributed by atoms with Crippen LogP contribution < -0.4 is 5.43 Å². The minimum absolute atomic E-state index is 0.144. The summed E-state index contributed by atoms with van der Waals surface area (Å²) >= 11 is 0. The first-order valence-electron chi connectivity index (χ1n) is 8.83. The van der Waals surface area contributed by atoms with Crippen LogP contribution >= 0.6 is 0 Å². The van der Waals surface area contributed by atoms with Gasteiger partial charge < -0.3 is 4.98 Å². The average Bonchev–Trinajstić information content (AvgIpc) is 3.07. The van der Waals surface area contributed by atoms with Crippen molar-refractivity contribution < 1.29 is 0 Å². The summed E-state index contributed by atoms with van der Waals surface area (Å²) in [5, 5.41) is 8.72. The van der Waals surface area contributed by atoms with Crippen molar-refractivity contribution >= 4 is 5.65 Å². The van der Waals surface area contributed by atoms with Gasteiger partial charge in [-0.05, 0) is 45.4 Å². The molecule has 0 bridgehead atoms. The SMILES string of the molecule is Cc1c[nH]c(CN2CCCC(c3nnc4ccccn34)C2)c(C)c1=O. The fourth-order valence-electron chi connectivity index (χ4n) is 3.74. The molecule has 130 valence electrons. The number of likely N-dealkylation sites (tertiary alicyclic amines) is 1. The van der Waals surface area contributed by atoms with Gasteiger partial charge in [0.05, 0.1) is 0 Å². The van der Waals surface area contributed by atoms with Gasteiger partial charge in [-0.2, -0.15) is 0 Å². The maximum Gasteiger partial charge on any atom is 0.187 e. The Hall–Kier alpha value is -2.47. The molecule has 6 heteroatoms. The van der Waals surface area contributed by atoms with Gasteiger partial charge >= 0.3 is 0 Å². The van der Waals surface area contributed by atoms with Crippen molar-refractivity contribution in [2.24, 2.45) is 0 Å². The van der Waals surface area contributed by atoms with Crippen LogP contribution in [0.4, 0.5) is 0 Å². The molecule has 4 heterocycles. The van der Waals surface area contributed by atoms with Gasteiger partial charge in [-0.3, -0.25) is 14.1 Å². The Balaban J connectivity index is 1.55. The van der Waals surface area contributed by atoms with Crippen molar-refractivity contribution in [2.75, 3.05) is 13.1 Å². The van der Waals surface area contributed by atoms with Crippen molar-refractivity contribution in [2.45, 2.75) is 39.2 Å². The molecule has 0 aromatic carbocycles. The fourth-order valence-corrected chi connectivity index (χ4v) is 3.74. The van der Waals surface area contributed by atoms with E-state index in [1.807, 2.05) is 44.4 Å². The molecule has 4 rings (SSSR count). The van der Waals surface area contributed by atoms with E-state index in [4.69, 9.17) is 0 Å². The van der Waals surface area contributed by atoms with Gasteiger partial charge in [0.25, 0.3) is 0 Å². The van der Waals surface area contributed by atoms with Crippen LogP contribution in [0.5, 0.6) is 0 Å². The molecule has 0 saturated carbocycles. The Kier molecular flexibility index (Phi) is 4.13. The van der Waals surface area contributed by atoms with Gasteiger partial charge in [-0.25, -0.2) is 0 Å². The number of pyridine rings is 2. The van der Waals surface area contributed by atoms with Crippen LogP contribution in [-0.2, 0) is 6.54 Å². The van der Waals surface area contributed by atoms with E-state index in [-0.39, 0.29) is 5.43 Å². The third-order valence-electron chi connectivity index (χ3n) is 5.21. The largest absolute Gasteiger partial charge is 0.363 e. The molecule has 6 nitrogen and oxygen atoms in total. The van der Waals surface area contributed by atoms with E-state index in [1.165, 1.54) is 0 Å². The summed E-state index contributed by atoms with van der Waals surface area (Å²) in [6, 6.07) is 5.98. The maximum absolute atomic E-state index is 12.2. The number of nitrogens with one attached hydrogen (secondary N) is 1. The van der Waals surface area contributed by atoms with Crippen LogP contribution in [0.25, 0.3) is 5.65 Å². The standard InChI is InChI=1S/C19H23N5O/c1-13-10-20-16(14(2)18(13)25)12-23-8-5-6-15(11-23)19-22-21-17-7-3-4-9-24(17)19/h3-4,7,9-10,15H,5-6,8,11-12H2,1-2H3,(H,20,25). The van der Waals surface area contributed by atoms with Gasteiger partial charge in [0.1, 0.15) is 5.82 Å². The molecule has 3 aromatic rings. The number of hydrogen-bond donors (Lipinski definition) is 1. The molecule has 1 unspecified atom stereocenters. The molecule has 1 saturated heterocycles. The van der Waals surface area contributed by atoms with E-state index in [1.54, 1.807) is 0 Å². The Morgan fingerprint density at radius 3 is 3.04 bits per heavy atom. The van der Waals surface area contributed by atoms with Crippen LogP contribution in [0.1, 0.15) is 41.4 Å². The van der Waals surface area contributed by atoms with E-state index >= 15 is 0 Å². The average molecular weight is 337 g/mol. The van der Waals surface area contributed by atoms with Gasteiger partial charge in [0, 0.05) is 48.2 Å². The third kappa shape index (κ3) is 2.98. The molecule has 0 aliphatic carbocycles. The summed E-state index contributed by atoms with van der Waals surface area (Å²) < 4.78 is 2.09. The number of hydrogen-bond acceptors (Lipinski definition) is 4. The van der Waals surface area contributed by atoms with E-state index in [9.17, 15) is 4.79 Å². The monoisotopic (exact) mass is 337 g/mol. The molecular weight excluding hydrogens is 314 g/mol. The number of nitrogens with zero attached hydrogens (tertiary/aromatic N) is 4. The summed E-state index contributed by atoms with van der Waals surface area (Å²) in [5.41, 5.74) is 3.66. The number of aromatic nitrogens is 4. The van der Waals surface area contributed by atoms with Crippen LogP contribution in [0.2, 0.25) is 0 Å². The lowest BCUT2D eigenvalue weighted by molar-refractivity contribution is 0.193. The molecule has 1 fully saturated rings. The van der Waals surface area contributed by atoms with E-state index < -0.39 is 0 Å². The molecule has 0 spiro atoms. The summed E-state index contributed by atoms with van der Waals surface area (Å²) in [5.74, 6) is 1.40. The highest BCUT2D eigenvalue weighted by Gasteiger charge is 2.25. The highest BCUT2D eigenvalue weighted by atomic mass is 16.1. The molecule has 25 heavy (non-hydrogen) atoms. The van der Waals surface area contributed by atoms with Crippen molar-refractivity contribution in [3.8, 4) is 0 Å². The summed E-state index contributed by atoms with van der Waals surface area (Å²) in [4.78, 5) is 17.9. The lowest BCUT2D eigenvalue weighted by Gasteiger charge is -2.32. The zero-order valence-electron chi connectivity index (χ0n) is 14.7. The minimum Gasteiger partial charge on any atom is -0.363 e. The molecule has 1 N–H and O–H groups in total. The molecule has 3 aromatic heterocycles. The first-order valence-corrected chi connectivity index (χ1v) is 8.83. The quantitative estimate of drug-likeness (QED) is 0.797. The Morgan fingerprint density at radius 2 is 2.16 bits per heavy atom. The molecule has 0 amide bonds. The van der Waals surface area contributed by atoms with Crippen molar-refractivity contribution in [1.29, 1.82) is 0 Å². The van der Waals surface area contributed by atoms with E-state index in [2.05, 4.69) is 24.5 Å². The second-order valence-electron chi connectivity index (χ2n) is 6.97. The molecule has 0 radical (unpaired) electrons. The number of piperidine rings is 1. The van der Waals surface area contributed by atoms with Crippen molar-refractivity contribution in [3.05, 3.63) is 63.5 Å². The van der Waals surface area contributed by atoms with Gasteiger partial charge in [0.15, 0.2) is 11.1 Å². The van der Waals surface area contributed by atoms with Crippen molar-refractivity contribution in [3.63, 3.8) is 0 Å². The Labute approximate surface area is 146 Å². The van der Waals surface area contributed by atoms with Crippen molar-refractivity contribution in [1.82, 2.24) is 24.5 Å². The predicted molar refractivity (Wildman–Crippen MR) is 96.8 cm³/mol. The smallest absolute Gasteiger partial charge is 0.187 e. The van der Waals surface area contributed by atoms with E-state index in [0.717, 1.165) is 60.8 Å². The topological polar surface area (TPSA) is 66.3 Å². The van der Waals surface area contributed by atoms with Gasteiger partial charge in [0.2, 0.25) is 0 Å². The number of aryl methyl sites for hydroxylation is 1. The van der Waals surface area contributed by atoms with Gasteiger partial charge in [-0.15, -0.1) is 10.2 Å². The lowest BCUT2D eigenvalue weighted by Crippen LogP contribution is -2.35. The fraction of sp³-hybridized carbons (Fsp3) is 0.421. The minimum atomic E-state index is 0.144. The van der Waals surface area contributed by atoms with Gasteiger partial charge in [-0.1, -0.05) is 6.07 Å². The zero-order valence-corrected chi connectivity index (χ0v) is 14.7. The number of aromatic amines is 1. The Bertz CT molecular complexity index is 958. The highest BCUT2D eigenvalue weighted by molar-refractivity contribution is 5.37. The third-order valence-corrected chi connectivity index (χ3v) is 5.21. The molecular formula is C19H23N5O. The number of rotatable bonds is 3. The molecule has 1 atom stereocenters. The van der Waals surface area contributed by atoms with Crippen LogP contribution in [-0.4, -0.2) is 37.6 Å². The first kappa shape index (κ1) is 16.0. The second-order valence-corrected chi connectivity index (χ2v) is 6.97. The molecule has 1 aliphatic rings. The van der Waals surface area contributed by atoms with Crippen LogP contribution in [0, 0.1) is 13.8 Å². The predicted octanol–water partition coefficient (Wildman–Crippen LogP) is 2.41. The summed E-state index contributed by atoms with van der Waals surface area (Å²) in [6.07, 6.45) is 6.10. The van der Waals surface area contributed by atoms with E-state index in [0.29, 0.717) is 5.92 Å². The number of H-pyrrole nitrogens is 1. The first-order chi connectivity index (χ1) is 12.1. The highest BCUT2D eigenvalue weighted by Crippen LogP contribution is 2.27. The zero-order chi connectivity index (χ0) is 17.4. The normalized spacial score (nSPS) is 18.7. The van der Waals surface area contributed by atoms with Crippen LogP contribution in [0.15, 0.2) is 35.4 Å². The van der Waals surface area contributed by atoms with Crippen LogP contribution in [0.3, 0.4) is 0 Å².